The molecular weight excluding hydrogens is 412 g/mol. The highest BCUT2D eigenvalue weighted by molar-refractivity contribution is 5.94. The number of hydrogen-bond acceptors (Lipinski definition) is 2. The lowest BCUT2D eigenvalue weighted by Gasteiger charge is -2.15. The summed E-state index contributed by atoms with van der Waals surface area (Å²) in [4.78, 5) is 25.3. The maximum absolute atomic E-state index is 13.9. The SMILES string of the molecule is O=C(Cn1c2ccccc2c(=O)c2ccccc21)NCc1cc(C(F)(F)F)ccc1F. The molecule has 158 valence electrons. The van der Waals surface area contributed by atoms with E-state index in [4.69, 9.17) is 0 Å². The second kappa shape index (κ2) is 7.86. The summed E-state index contributed by atoms with van der Waals surface area (Å²) in [6, 6.07) is 15.7. The van der Waals surface area contributed by atoms with Gasteiger partial charge in [-0.05, 0) is 42.5 Å². The van der Waals surface area contributed by atoms with Crippen LogP contribution in [-0.2, 0) is 24.1 Å². The maximum Gasteiger partial charge on any atom is 0.416 e. The average Bonchev–Trinajstić information content (AvgIpc) is 2.75. The monoisotopic (exact) mass is 428 g/mol. The van der Waals surface area contributed by atoms with Crippen molar-refractivity contribution in [2.75, 3.05) is 0 Å². The van der Waals surface area contributed by atoms with Gasteiger partial charge in [0.1, 0.15) is 12.4 Å². The standard InChI is InChI=1S/C23H16F4N2O2/c24-18-10-9-15(23(25,26)27)11-14(18)12-28-21(30)13-29-19-7-3-1-5-16(19)22(31)17-6-2-4-8-20(17)29/h1-11H,12-13H2,(H,28,30). The summed E-state index contributed by atoms with van der Waals surface area (Å²) in [5.41, 5.74) is -0.319. The number of hydrogen-bond donors (Lipinski definition) is 1. The van der Waals surface area contributed by atoms with E-state index in [1.807, 2.05) is 0 Å². The third kappa shape index (κ3) is 4.01. The molecule has 3 aromatic carbocycles. The predicted octanol–water partition coefficient (Wildman–Crippen LogP) is 4.63. The number of nitrogens with zero attached hydrogens (tertiary/aromatic N) is 1. The molecule has 1 heterocycles. The first kappa shape index (κ1) is 20.6. The molecule has 0 spiro atoms. The molecule has 0 radical (unpaired) electrons. The van der Waals surface area contributed by atoms with Gasteiger partial charge in [0.2, 0.25) is 5.91 Å². The van der Waals surface area contributed by atoms with Crippen LogP contribution in [0.15, 0.2) is 71.5 Å². The summed E-state index contributed by atoms with van der Waals surface area (Å²) in [6.45, 7) is -0.591. The highest BCUT2D eigenvalue weighted by Crippen LogP contribution is 2.30. The largest absolute Gasteiger partial charge is 0.416 e. The lowest BCUT2D eigenvalue weighted by molar-refractivity contribution is -0.137. The van der Waals surface area contributed by atoms with Crippen molar-refractivity contribution in [3.8, 4) is 0 Å². The third-order valence-electron chi connectivity index (χ3n) is 5.03. The van der Waals surface area contributed by atoms with Crippen LogP contribution in [0.4, 0.5) is 17.6 Å². The first-order valence-corrected chi connectivity index (χ1v) is 9.38. The minimum atomic E-state index is -4.61. The molecule has 8 heteroatoms. The van der Waals surface area contributed by atoms with Gasteiger partial charge in [0.25, 0.3) is 0 Å². The first-order valence-electron chi connectivity index (χ1n) is 9.38. The Hall–Kier alpha value is -3.68. The number of rotatable bonds is 4. The third-order valence-corrected chi connectivity index (χ3v) is 5.03. The second-order valence-electron chi connectivity index (χ2n) is 7.03. The van der Waals surface area contributed by atoms with Crippen LogP contribution >= 0.6 is 0 Å². The van der Waals surface area contributed by atoms with Crippen LogP contribution < -0.4 is 10.7 Å². The predicted molar refractivity (Wildman–Crippen MR) is 109 cm³/mol. The van der Waals surface area contributed by atoms with Crippen molar-refractivity contribution >= 4 is 27.7 Å². The van der Waals surface area contributed by atoms with Crippen molar-refractivity contribution in [3.63, 3.8) is 0 Å². The minimum Gasteiger partial charge on any atom is -0.350 e. The van der Waals surface area contributed by atoms with Crippen LogP contribution in [0.3, 0.4) is 0 Å². The van der Waals surface area contributed by atoms with Crippen molar-refractivity contribution in [1.29, 1.82) is 0 Å². The molecule has 0 aliphatic rings. The fraction of sp³-hybridized carbons (Fsp3) is 0.130. The molecule has 4 nitrogen and oxygen atoms in total. The van der Waals surface area contributed by atoms with E-state index in [0.29, 0.717) is 33.9 Å². The quantitative estimate of drug-likeness (QED) is 0.381. The van der Waals surface area contributed by atoms with Crippen LogP contribution in [0.1, 0.15) is 11.1 Å². The Kier molecular flexibility index (Phi) is 5.22. The summed E-state index contributed by atoms with van der Waals surface area (Å²) in [5.74, 6) is -1.37. The number of carbonyl (C=O) groups is 1. The molecule has 31 heavy (non-hydrogen) atoms. The summed E-state index contributed by atoms with van der Waals surface area (Å²) < 4.78 is 54.2. The van der Waals surface area contributed by atoms with E-state index >= 15 is 0 Å². The van der Waals surface area contributed by atoms with Gasteiger partial charge in [-0.1, -0.05) is 24.3 Å². The zero-order valence-electron chi connectivity index (χ0n) is 16.0. The highest BCUT2D eigenvalue weighted by Gasteiger charge is 2.31. The smallest absolute Gasteiger partial charge is 0.350 e. The zero-order valence-corrected chi connectivity index (χ0v) is 16.0. The number of aromatic nitrogens is 1. The Balaban J connectivity index is 1.64. The van der Waals surface area contributed by atoms with Gasteiger partial charge in [-0.15, -0.1) is 0 Å². The number of carbonyl (C=O) groups excluding carboxylic acids is 1. The Bertz CT molecular complexity index is 1300. The van der Waals surface area contributed by atoms with E-state index in [1.165, 1.54) is 0 Å². The molecule has 1 aromatic heterocycles. The fourth-order valence-corrected chi connectivity index (χ4v) is 3.53. The Labute approximate surface area is 173 Å². The summed E-state index contributed by atoms with van der Waals surface area (Å²) in [7, 11) is 0. The van der Waals surface area contributed by atoms with E-state index in [0.717, 1.165) is 6.07 Å². The molecule has 4 aromatic rings. The lowest BCUT2D eigenvalue weighted by Crippen LogP contribution is -2.28. The summed E-state index contributed by atoms with van der Waals surface area (Å²) in [5, 5.41) is 3.35. The van der Waals surface area contributed by atoms with E-state index in [-0.39, 0.29) is 17.5 Å². The molecule has 0 aliphatic heterocycles. The molecule has 0 fully saturated rings. The first-order chi connectivity index (χ1) is 14.8. The number of para-hydroxylation sites is 2. The molecule has 0 atom stereocenters. The van der Waals surface area contributed by atoms with E-state index in [1.54, 1.807) is 53.1 Å². The van der Waals surface area contributed by atoms with Gasteiger partial charge in [0, 0.05) is 22.9 Å². The van der Waals surface area contributed by atoms with Crippen molar-refractivity contribution < 1.29 is 22.4 Å². The van der Waals surface area contributed by atoms with Crippen LogP contribution in [0, 0.1) is 5.82 Å². The topological polar surface area (TPSA) is 51.1 Å². The molecule has 0 saturated carbocycles. The van der Waals surface area contributed by atoms with Crippen molar-refractivity contribution in [3.05, 3.63) is 93.9 Å². The van der Waals surface area contributed by atoms with Crippen molar-refractivity contribution in [1.82, 2.24) is 9.88 Å². The van der Waals surface area contributed by atoms with Crippen molar-refractivity contribution in [2.24, 2.45) is 0 Å². The number of halogens is 4. The number of alkyl halides is 3. The van der Waals surface area contributed by atoms with E-state index < -0.39 is 30.0 Å². The Morgan fingerprint density at radius 3 is 2.06 bits per heavy atom. The zero-order chi connectivity index (χ0) is 22.2. The number of fused-ring (bicyclic) bond motifs is 2. The number of benzene rings is 3. The molecular formula is C23H16F4N2O2. The van der Waals surface area contributed by atoms with Gasteiger partial charge in [-0.2, -0.15) is 13.2 Å². The van der Waals surface area contributed by atoms with Crippen molar-refractivity contribution in [2.45, 2.75) is 19.3 Å². The van der Waals surface area contributed by atoms with Gasteiger partial charge in [-0.3, -0.25) is 9.59 Å². The van der Waals surface area contributed by atoms with Gasteiger partial charge in [-0.25, -0.2) is 4.39 Å². The maximum atomic E-state index is 13.9. The lowest BCUT2D eigenvalue weighted by atomic mass is 10.1. The van der Waals surface area contributed by atoms with Crippen LogP contribution in [0.25, 0.3) is 21.8 Å². The normalized spacial score (nSPS) is 11.7. The summed E-state index contributed by atoms with van der Waals surface area (Å²) >= 11 is 0. The van der Waals surface area contributed by atoms with Crippen LogP contribution in [0.2, 0.25) is 0 Å². The van der Waals surface area contributed by atoms with Gasteiger partial charge in [0.05, 0.1) is 16.6 Å². The van der Waals surface area contributed by atoms with Crippen LogP contribution in [0.5, 0.6) is 0 Å². The highest BCUT2D eigenvalue weighted by atomic mass is 19.4. The van der Waals surface area contributed by atoms with E-state index in [2.05, 4.69) is 5.32 Å². The molecule has 0 saturated heterocycles. The number of nitrogens with one attached hydrogen (secondary N) is 1. The number of pyridine rings is 1. The Morgan fingerprint density at radius 2 is 1.48 bits per heavy atom. The second-order valence-corrected chi connectivity index (χ2v) is 7.03. The molecule has 0 unspecified atom stereocenters. The van der Waals surface area contributed by atoms with E-state index in [9.17, 15) is 27.2 Å². The molecule has 0 bridgehead atoms. The number of amides is 1. The average molecular weight is 428 g/mol. The molecule has 1 amide bonds. The summed E-state index contributed by atoms with van der Waals surface area (Å²) in [6.07, 6.45) is -4.61. The molecule has 0 aliphatic carbocycles. The molecule has 1 N–H and O–H groups in total. The van der Waals surface area contributed by atoms with Gasteiger partial charge >= 0.3 is 6.18 Å². The van der Waals surface area contributed by atoms with Gasteiger partial charge in [0.15, 0.2) is 5.43 Å². The van der Waals surface area contributed by atoms with Gasteiger partial charge < -0.3 is 9.88 Å². The Morgan fingerprint density at radius 1 is 0.903 bits per heavy atom. The minimum absolute atomic E-state index is 0.158. The van der Waals surface area contributed by atoms with Crippen LogP contribution in [-0.4, -0.2) is 10.5 Å². The fourth-order valence-electron chi connectivity index (χ4n) is 3.53. The molecule has 4 rings (SSSR count).